The van der Waals surface area contributed by atoms with E-state index in [1.165, 1.54) is 0 Å². The molecule has 4 heterocycles. The SMILES string of the molecule is Cl.Cl.Cn1ncc2c(N3CCN(C(=O)C4CCNC4)CC3)ncnc21. The van der Waals surface area contributed by atoms with Crippen molar-refractivity contribution in [1.82, 2.24) is 30.0 Å². The molecule has 0 bridgehead atoms. The van der Waals surface area contributed by atoms with Gasteiger partial charge in [-0.15, -0.1) is 24.8 Å². The highest BCUT2D eigenvalue weighted by Crippen LogP contribution is 2.23. The van der Waals surface area contributed by atoms with Crippen LogP contribution in [0.3, 0.4) is 0 Å². The van der Waals surface area contributed by atoms with Gasteiger partial charge in [0.05, 0.1) is 17.5 Å². The van der Waals surface area contributed by atoms with Crippen LogP contribution in [0.2, 0.25) is 0 Å². The summed E-state index contributed by atoms with van der Waals surface area (Å²) in [6.45, 7) is 4.87. The van der Waals surface area contributed by atoms with Crippen LogP contribution in [-0.2, 0) is 11.8 Å². The summed E-state index contributed by atoms with van der Waals surface area (Å²) in [5.74, 6) is 1.37. The highest BCUT2D eigenvalue weighted by molar-refractivity contribution is 5.87. The molecule has 8 nitrogen and oxygen atoms in total. The van der Waals surface area contributed by atoms with Gasteiger partial charge in [-0.2, -0.15) is 5.10 Å². The smallest absolute Gasteiger partial charge is 0.227 e. The lowest BCUT2D eigenvalue weighted by molar-refractivity contribution is -0.135. The third-order valence-electron chi connectivity index (χ3n) is 4.81. The van der Waals surface area contributed by atoms with Crippen LogP contribution in [0.1, 0.15) is 6.42 Å². The summed E-state index contributed by atoms with van der Waals surface area (Å²) in [7, 11) is 1.88. The first kappa shape index (κ1) is 19.7. The number of hydrogen-bond donors (Lipinski definition) is 1. The van der Waals surface area contributed by atoms with E-state index in [9.17, 15) is 4.79 Å². The minimum Gasteiger partial charge on any atom is -0.352 e. The van der Waals surface area contributed by atoms with Crippen LogP contribution >= 0.6 is 24.8 Å². The van der Waals surface area contributed by atoms with Crippen molar-refractivity contribution in [3.05, 3.63) is 12.5 Å². The first-order valence-corrected chi connectivity index (χ1v) is 8.11. The van der Waals surface area contributed by atoms with Gasteiger partial charge in [0, 0.05) is 39.8 Å². The summed E-state index contributed by atoms with van der Waals surface area (Å²) in [4.78, 5) is 25.4. The van der Waals surface area contributed by atoms with Gasteiger partial charge in [0.1, 0.15) is 12.1 Å². The number of carbonyl (C=O) groups excluding carboxylic acids is 1. The third kappa shape index (κ3) is 3.65. The number of amides is 1. The summed E-state index contributed by atoms with van der Waals surface area (Å²) >= 11 is 0. The molecule has 0 aliphatic carbocycles. The molecule has 2 aliphatic rings. The van der Waals surface area contributed by atoms with Gasteiger partial charge in [0.25, 0.3) is 0 Å². The first-order chi connectivity index (χ1) is 11.2. The molecule has 10 heteroatoms. The number of carbonyl (C=O) groups is 1. The Bertz CT molecular complexity index is 724. The zero-order valence-electron chi connectivity index (χ0n) is 14.1. The predicted molar refractivity (Wildman–Crippen MR) is 101 cm³/mol. The van der Waals surface area contributed by atoms with E-state index >= 15 is 0 Å². The van der Waals surface area contributed by atoms with E-state index in [1.807, 2.05) is 18.1 Å². The summed E-state index contributed by atoms with van der Waals surface area (Å²) in [6.07, 6.45) is 4.36. The molecule has 0 saturated carbocycles. The van der Waals surface area contributed by atoms with Crippen molar-refractivity contribution in [2.24, 2.45) is 13.0 Å². The molecular formula is C15H23Cl2N7O. The Labute approximate surface area is 158 Å². The Morgan fingerprint density at radius 2 is 1.96 bits per heavy atom. The minimum atomic E-state index is 0. The maximum absolute atomic E-state index is 12.5. The van der Waals surface area contributed by atoms with Crippen LogP contribution in [0.5, 0.6) is 0 Å². The summed E-state index contributed by atoms with van der Waals surface area (Å²) in [5.41, 5.74) is 0.838. The second-order valence-electron chi connectivity index (χ2n) is 6.20. The fourth-order valence-corrected chi connectivity index (χ4v) is 3.46. The van der Waals surface area contributed by atoms with Crippen LogP contribution in [0.4, 0.5) is 5.82 Å². The quantitative estimate of drug-likeness (QED) is 0.806. The number of piperazine rings is 1. The lowest BCUT2D eigenvalue weighted by Crippen LogP contribution is -2.51. The number of rotatable bonds is 2. The van der Waals surface area contributed by atoms with E-state index in [-0.39, 0.29) is 30.7 Å². The van der Waals surface area contributed by atoms with Crippen molar-refractivity contribution in [3.8, 4) is 0 Å². The molecule has 2 aromatic heterocycles. The number of hydrogen-bond acceptors (Lipinski definition) is 6. The van der Waals surface area contributed by atoms with Gasteiger partial charge >= 0.3 is 0 Å². The molecular weight excluding hydrogens is 365 g/mol. The Hall–Kier alpha value is -1.64. The van der Waals surface area contributed by atoms with Crippen molar-refractivity contribution in [2.75, 3.05) is 44.2 Å². The Morgan fingerprint density at radius 3 is 2.64 bits per heavy atom. The summed E-state index contributed by atoms with van der Waals surface area (Å²) < 4.78 is 1.76. The topological polar surface area (TPSA) is 79.2 Å². The lowest BCUT2D eigenvalue weighted by Gasteiger charge is -2.36. The van der Waals surface area contributed by atoms with Gasteiger partial charge in [-0.3, -0.25) is 9.48 Å². The van der Waals surface area contributed by atoms with Gasteiger partial charge in [-0.25, -0.2) is 9.97 Å². The van der Waals surface area contributed by atoms with Crippen molar-refractivity contribution in [2.45, 2.75) is 6.42 Å². The summed E-state index contributed by atoms with van der Waals surface area (Å²) in [5, 5.41) is 8.50. The Kier molecular flexibility index (Phi) is 6.42. The van der Waals surface area contributed by atoms with Crippen molar-refractivity contribution in [3.63, 3.8) is 0 Å². The molecule has 1 amide bonds. The molecule has 25 heavy (non-hydrogen) atoms. The third-order valence-corrected chi connectivity index (χ3v) is 4.81. The van der Waals surface area contributed by atoms with E-state index < -0.39 is 0 Å². The van der Waals surface area contributed by atoms with Crippen LogP contribution in [0.25, 0.3) is 11.0 Å². The molecule has 0 spiro atoms. The zero-order chi connectivity index (χ0) is 15.8. The average molecular weight is 388 g/mol. The number of nitrogens with zero attached hydrogens (tertiary/aromatic N) is 6. The molecule has 0 aromatic carbocycles. The van der Waals surface area contributed by atoms with E-state index in [4.69, 9.17) is 0 Å². The Balaban J connectivity index is 0.00000113. The van der Waals surface area contributed by atoms with Crippen LogP contribution in [-0.4, -0.2) is 69.8 Å². The molecule has 1 atom stereocenters. The molecule has 2 aliphatic heterocycles. The monoisotopic (exact) mass is 387 g/mol. The van der Waals surface area contributed by atoms with E-state index in [0.29, 0.717) is 5.91 Å². The molecule has 2 saturated heterocycles. The fraction of sp³-hybridized carbons (Fsp3) is 0.600. The number of aromatic nitrogens is 4. The number of aryl methyl sites for hydroxylation is 1. The van der Waals surface area contributed by atoms with E-state index in [2.05, 4.69) is 25.3 Å². The highest BCUT2D eigenvalue weighted by Gasteiger charge is 2.30. The second kappa shape index (κ2) is 8.16. The predicted octanol–water partition coefficient (Wildman–Crippen LogP) is 0.465. The van der Waals surface area contributed by atoms with Crippen molar-refractivity contribution < 1.29 is 4.79 Å². The van der Waals surface area contributed by atoms with Gasteiger partial charge in [-0.1, -0.05) is 0 Å². The normalized spacial score (nSPS) is 20.3. The highest BCUT2D eigenvalue weighted by atomic mass is 35.5. The number of fused-ring (bicyclic) bond motifs is 1. The molecule has 4 rings (SSSR count). The molecule has 2 fully saturated rings. The fourth-order valence-electron chi connectivity index (χ4n) is 3.46. The average Bonchev–Trinajstić information content (AvgIpc) is 3.25. The first-order valence-electron chi connectivity index (χ1n) is 8.11. The van der Waals surface area contributed by atoms with E-state index in [0.717, 1.165) is 62.5 Å². The van der Waals surface area contributed by atoms with Gasteiger partial charge in [-0.05, 0) is 13.0 Å². The molecule has 1 N–H and O–H groups in total. The zero-order valence-corrected chi connectivity index (χ0v) is 15.7. The van der Waals surface area contributed by atoms with Crippen molar-refractivity contribution in [1.29, 1.82) is 0 Å². The maximum Gasteiger partial charge on any atom is 0.227 e. The van der Waals surface area contributed by atoms with E-state index in [1.54, 1.807) is 11.0 Å². The largest absolute Gasteiger partial charge is 0.352 e. The number of halogens is 2. The molecule has 2 aromatic rings. The standard InChI is InChI=1S/C15H21N7O.2ClH/c1-20-13-12(9-19-20)14(18-10-17-13)21-4-6-22(7-5-21)15(23)11-2-3-16-8-11;;/h9-11,16H,2-8H2,1H3;2*1H. The minimum absolute atomic E-state index is 0. The van der Waals surface area contributed by atoms with Crippen LogP contribution in [0.15, 0.2) is 12.5 Å². The number of anilines is 1. The Morgan fingerprint density at radius 1 is 1.20 bits per heavy atom. The van der Waals surface area contributed by atoms with Crippen molar-refractivity contribution >= 4 is 47.6 Å². The second-order valence-corrected chi connectivity index (χ2v) is 6.20. The summed E-state index contributed by atoms with van der Waals surface area (Å²) in [6, 6.07) is 0. The van der Waals surface area contributed by atoms with Gasteiger partial charge in [0.2, 0.25) is 5.91 Å². The molecule has 1 unspecified atom stereocenters. The maximum atomic E-state index is 12.5. The van der Waals surface area contributed by atoms with Crippen LogP contribution < -0.4 is 10.2 Å². The lowest BCUT2D eigenvalue weighted by atomic mass is 10.1. The molecule has 0 radical (unpaired) electrons. The molecule has 138 valence electrons. The van der Waals surface area contributed by atoms with Gasteiger partial charge < -0.3 is 15.1 Å². The van der Waals surface area contributed by atoms with Crippen LogP contribution in [0, 0.1) is 5.92 Å². The van der Waals surface area contributed by atoms with Gasteiger partial charge in [0.15, 0.2) is 5.65 Å². The number of nitrogens with one attached hydrogen (secondary N) is 1.